The van der Waals surface area contributed by atoms with E-state index in [0.717, 1.165) is 40.6 Å². The van der Waals surface area contributed by atoms with Crippen LogP contribution < -0.4 is 5.32 Å². The Balaban J connectivity index is 1.26. The molecule has 37 heavy (non-hydrogen) atoms. The Kier molecular flexibility index (Phi) is 6.12. The average Bonchev–Trinajstić information content (AvgIpc) is 3.79. The van der Waals surface area contributed by atoms with Gasteiger partial charge in [-0.2, -0.15) is 0 Å². The summed E-state index contributed by atoms with van der Waals surface area (Å²) in [7, 11) is 0. The molecule has 7 nitrogen and oxygen atoms in total. The average molecular weight is 492 g/mol. The third-order valence-electron chi connectivity index (χ3n) is 7.53. The van der Waals surface area contributed by atoms with Crippen molar-refractivity contribution < 1.29 is 9.59 Å². The third-order valence-corrected chi connectivity index (χ3v) is 7.53. The number of nitrogens with one attached hydrogen (secondary N) is 1. The van der Waals surface area contributed by atoms with Crippen LogP contribution in [0.3, 0.4) is 0 Å². The summed E-state index contributed by atoms with van der Waals surface area (Å²) >= 11 is 0. The van der Waals surface area contributed by atoms with Gasteiger partial charge >= 0.3 is 0 Å². The van der Waals surface area contributed by atoms with Crippen LogP contribution in [0.15, 0.2) is 73.2 Å². The molecule has 2 aromatic heterocycles. The summed E-state index contributed by atoms with van der Waals surface area (Å²) in [4.78, 5) is 42.1. The molecule has 3 heterocycles. The Hall–Kier alpha value is -4.13. The fourth-order valence-electron chi connectivity index (χ4n) is 5.47. The number of rotatable bonds is 5. The van der Waals surface area contributed by atoms with Crippen molar-refractivity contribution in [3.8, 4) is 0 Å². The summed E-state index contributed by atoms with van der Waals surface area (Å²) in [5, 5.41) is 3.28. The van der Waals surface area contributed by atoms with Crippen LogP contribution in [0.25, 0.3) is 11.0 Å². The van der Waals surface area contributed by atoms with E-state index in [1.54, 1.807) is 18.6 Å². The standard InChI is InChI=1S/C30H29N5O2/c1-19-16-22(17-26-27(19)33-14-13-31-26)30(37)35-15-11-25(24(18-35)20-6-3-2-4-7-20)34-29(36)28-23(21-9-10-21)8-5-12-32-28/h2-8,12-14,16-17,21,24-25H,9-11,15,18H2,1H3,(H,34,36)/t24-,25-/m1/s1. The van der Waals surface area contributed by atoms with E-state index in [9.17, 15) is 9.59 Å². The number of pyridine rings is 1. The largest absolute Gasteiger partial charge is 0.347 e. The number of nitrogens with zero attached hydrogens (tertiary/aromatic N) is 4. The van der Waals surface area contributed by atoms with Crippen molar-refractivity contribution in [2.24, 2.45) is 0 Å². The molecule has 1 aliphatic heterocycles. The monoisotopic (exact) mass is 491 g/mol. The molecule has 1 N–H and O–H groups in total. The van der Waals surface area contributed by atoms with Crippen LogP contribution in [0.4, 0.5) is 0 Å². The Morgan fingerprint density at radius 3 is 2.54 bits per heavy atom. The van der Waals surface area contributed by atoms with E-state index in [0.29, 0.717) is 36.7 Å². The second-order valence-electron chi connectivity index (χ2n) is 10.1. The number of hydrogen-bond acceptors (Lipinski definition) is 5. The van der Waals surface area contributed by atoms with Crippen LogP contribution in [0.2, 0.25) is 0 Å². The van der Waals surface area contributed by atoms with Crippen molar-refractivity contribution in [1.82, 2.24) is 25.2 Å². The Bertz CT molecular complexity index is 1470. The zero-order chi connectivity index (χ0) is 25.4. The van der Waals surface area contributed by atoms with Crippen molar-refractivity contribution in [1.29, 1.82) is 0 Å². The number of aromatic nitrogens is 3. The van der Waals surface area contributed by atoms with Crippen LogP contribution in [0.5, 0.6) is 0 Å². The number of likely N-dealkylation sites (tertiary alicyclic amines) is 1. The van der Waals surface area contributed by atoms with Crippen LogP contribution in [-0.2, 0) is 0 Å². The highest BCUT2D eigenvalue weighted by atomic mass is 16.2. The first-order valence-corrected chi connectivity index (χ1v) is 12.9. The molecule has 186 valence electrons. The van der Waals surface area contributed by atoms with Gasteiger partial charge in [0.05, 0.1) is 11.0 Å². The highest BCUT2D eigenvalue weighted by Gasteiger charge is 2.35. The predicted octanol–water partition coefficient (Wildman–Crippen LogP) is 4.64. The van der Waals surface area contributed by atoms with Crippen LogP contribution in [-0.4, -0.2) is 50.8 Å². The molecule has 1 saturated carbocycles. The summed E-state index contributed by atoms with van der Waals surface area (Å²) in [5.74, 6) is 0.255. The molecular weight excluding hydrogens is 462 g/mol. The van der Waals surface area contributed by atoms with Gasteiger partial charge in [0.2, 0.25) is 0 Å². The molecule has 1 aliphatic carbocycles. The van der Waals surface area contributed by atoms with Gasteiger partial charge in [-0.05, 0) is 67.0 Å². The minimum absolute atomic E-state index is 0.0258. The molecule has 1 saturated heterocycles. The lowest BCUT2D eigenvalue weighted by molar-refractivity contribution is 0.0671. The number of aryl methyl sites for hydroxylation is 1. The lowest BCUT2D eigenvalue weighted by Gasteiger charge is -2.39. The van der Waals surface area contributed by atoms with Gasteiger partial charge in [0.25, 0.3) is 11.8 Å². The lowest BCUT2D eigenvalue weighted by atomic mass is 9.85. The second kappa shape index (κ2) is 9.73. The molecule has 2 amide bonds. The predicted molar refractivity (Wildman–Crippen MR) is 141 cm³/mol. The van der Waals surface area contributed by atoms with Crippen molar-refractivity contribution in [3.63, 3.8) is 0 Å². The van der Waals surface area contributed by atoms with Gasteiger partial charge in [-0.15, -0.1) is 0 Å². The molecule has 0 bridgehead atoms. The summed E-state index contributed by atoms with van der Waals surface area (Å²) in [6.45, 7) is 3.03. The molecule has 0 radical (unpaired) electrons. The molecule has 2 fully saturated rings. The number of fused-ring (bicyclic) bond motifs is 1. The molecule has 2 atom stereocenters. The Labute approximate surface area is 216 Å². The van der Waals surface area contributed by atoms with Gasteiger partial charge in [0.1, 0.15) is 5.69 Å². The quantitative estimate of drug-likeness (QED) is 0.439. The molecule has 0 spiro atoms. The molecular formula is C30H29N5O2. The van der Waals surface area contributed by atoms with Crippen molar-refractivity contribution in [2.45, 2.75) is 44.1 Å². The number of amides is 2. The van der Waals surface area contributed by atoms with E-state index in [1.165, 1.54) is 0 Å². The van der Waals surface area contributed by atoms with Gasteiger partial charge in [-0.25, -0.2) is 0 Å². The molecule has 6 rings (SSSR count). The number of carbonyl (C=O) groups excluding carboxylic acids is 2. The maximum Gasteiger partial charge on any atom is 0.270 e. The van der Waals surface area contributed by atoms with Crippen LogP contribution in [0, 0.1) is 6.92 Å². The summed E-state index contributed by atoms with van der Waals surface area (Å²) < 4.78 is 0. The number of carbonyl (C=O) groups is 2. The smallest absolute Gasteiger partial charge is 0.270 e. The normalized spacial score (nSPS) is 19.5. The summed E-state index contributed by atoms with van der Waals surface area (Å²) in [6, 6.07) is 17.7. The lowest BCUT2D eigenvalue weighted by Crippen LogP contribution is -2.51. The van der Waals surface area contributed by atoms with Gasteiger partial charge in [0, 0.05) is 49.2 Å². The van der Waals surface area contributed by atoms with Crippen LogP contribution >= 0.6 is 0 Å². The van der Waals surface area contributed by atoms with Crippen molar-refractivity contribution in [2.75, 3.05) is 13.1 Å². The fourth-order valence-corrected chi connectivity index (χ4v) is 5.47. The molecule has 2 aromatic carbocycles. The summed E-state index contributed by atoms with van der Waals surface area (Å²) in [6.07, 6.45) is 7.88. The number of benzene rings is 2. The van der Waals surface area contributed by atoms with Crippen molar-refractivity contribution in [3.05, 3.63) is 101 Å². The molecule has 4 aromatic rings. The maximum absolute atomic E-state index is 13.6. The summed E-state index contributed by atoms with van der Waals surface area (Å²) in [5.41, 5.74) is 5.74. The number of piperidine rings is 1. The van der Waals surface area contributed by atoms with Gasteiger partial charge in [0.15, 0.2) is 0 Å². The van der Waals surface area contributed by atoms with Gasteiger partial charge in [-0.1, -0.05) is 36.4 Å². The first-order chi connectivity index (χ1) is 18.1. The Morgan fingerprint density at radius 2 is 1.73 bits per heavy atom. The maximum atomic E-state index is 13.6. The molecule has 2 aliphatic rings. The first kappa shape index (κ1) is 23.3. The van der Waals surface area contributed by atoms with E-state index >= 15 is 0 Å². The third kappa shape index (κ3) is 4.69. The van der Waals surface area contributed by atoms with E-state index in [1.807, 2.05) is 54.3 Å². The first-order valence-electron chi connectivity index (χ1n) is 12.9. The molecule has 0 unspecified atom stereocenters. The number of hydrogen-bond donors (Lipinski definition) is 1. The van der Waals surface area contributed by atoms with Crippen LogP contribution in [0.1, 0.15) is 68.6 Å². The Morgan fingerprint density at radius 1 is 0.919 bits per heavy atom. The van der Waals surface area contributed by atoms with E-state index in [-0.39, 0.29) is 23.8 Å². The minimum Gasteiger partial charge on any atom is -0.347 e. The fraction of sp³-hybridized carbons (Fsp3) is 0.300. The SMILES string of the molecule is Cc1cc(C(=O)N2CC[C@@H](NC(=O)c3ncccc3C3CC3)[C@@H](c3ccccc3)C2)cc2nccnc12. The van der Waals surface area contributed by atoms with E-state index < -0.39 is 0 Å². The highest BCUT2D eigenvalue weighted by Crippen LogP contribution is 2.41. The zero-order valence-electron chi connectivity index (χ0n) is 20.8. The van der Waals surface area contributed by atoms with Crippen molar-refractivity contribution >= 4 is 22.8 Å². The topological polar surface area (TPSA) is 88.1 Å². The van der Waals surface area contributed by atoms with E-state index in [2.05, 4.69) is 32.4 Å². The zero-order valence-corrected chi connectivity index (χ0v) is 20.8. The van der Waals surface area contributed by atoms with Gasteiger partial charge in [-0.3, -0.25) is 24.5 Å². The molecule has 7 heteroatoms. The minimum atomic E-state index is -0.128. The van der Waals surface area contributed by atoms with E-state index in [4.69, 9.17) is 0 Å². The van der Waals surface area contributed by atoms with Gasteiger partial charge < -0.3 is 10.2 Å². The highest BCUT2D eigenvalue weighted by molar-refractivity contribution is 5.98. The second-order valence-corrected chi connectivity index (χ2v) is 10.1.